The van der Waals surface area contributed by atoms with E-state index in [2.05, 4.69) is 20.2 Å². The molecular formula is C15H20FN5O2S. The summed E-state index contributed by atoms with van der Waals surface area (Å²) < 4.78 is 39.3. The molecule has 0 saturated heterocycles. The van der Waals surface area contributed by atoms with Crippen LogP contribution in [0.15, 0.2) is 36.5 Å². The minimum atomic E-state index is -3.48. The molecule has 0 spiro atoms. The lowest BCUT2D eigenvalue weighted by molar-refractivity contribution is 0.581. The fourth-order valence-corrected chi connectivity index (χ4v) is 3.08. The standard InChI is InChI=1S/C15H20FN5O2S/c1-21(2)14-9-15(20-18-10-14)17-7-8-19-24(22,23)11-12-3-5-13(16)6-4-12/h3-6,9-10,19H,7-8,11H2,1-2H3,(H,17,20). The maximum absolute atomic E-state index is 12.8. The molecule has 9 heteroatoms. The van der Waals surface area contributed by atoms with Crippen LogP contribution < -0.4 is 14.9 Å². The molecule has 2 aromatic rings. The Morgan fingerprint density at radius 2 is 1.88 bits per heavy atom. The van der Waals surface area contributed by atoms with Crippen LogP contribution in [0, 0.1) is 5.82 Å². The normalized spacial score (nSPS) is 11.3. The van der Waals surface area contributed by atoms with Gasteiger partial charge in [-0.3, -0.25) is 0 Å². The topological polar surface area (TPSA) is 87.2 Å². The lowest BCUT2D eigenvalue weighted by Crippen LogP contribution is -2.30. The molecule has 0 bridgehead atoms. The third-order valence-electron chi connectivity index (χ3n) is 3.18. The maximum atomic E-state index is 12.8. The molecule has 0 atom stereocenters. The van der Waals surface area contributed by atoms with Crippen molar-refractivity contribution in [2.45, 2.75) is 5.75 Å². The molecule has 0 unspecified atom stereocenters. The van der Waals surface area contributed by atoms with E-state index in [0.717, 1.165) is 5.69 Å². The van der Waals surface area contributed by atoms with E-state index in [9.17, 15) is 12.8 Å². The van der Waals surface area contributed by atoms with Crippen LogP contribution in [0.4, 0.5) is 15.9 Å². The van der Waals surface area contributed by atoms with Gasteiger partial charge in [-0.05, 0) is 17.7 Å². The highest BCUT2D eigenvalue weighted by Gasteiger charge is 2.11. The molecule has 130 valence electrons. The molecule has 0 saturated carbocycles. The van der Waals surface area contributed by atoms with Crippen LogP contribution in [-0.2, 0) is 15.8 Å². The van der Waals surface area contributed by atoms with Gasteiger partial charge in [-0.1, -0.05) is 12.1 Å². The van der Waals surface area contributed by atoms with Crippen LogP contribution in [-0.4, -0.2) is 45.8 Å². The van der Waals surface area contributed by atoms with E-state index < -0.39 is 15.8 Å². The fourth-order valence-electron chi connectivity index (χ4n) is 1.94. The van der Waals surface area contributed by atoms with Gasteiger partial charge in [0.1, 0.15) is 5.82 Å². The number of nitrogens with one attached hydrogen (secondary N) is 2. The summed E-state index contributed by atoms with van der Waals surface area (Å²) >= 11 is 0. The molecule has 0 aliphatic carbocycles. The van der Waals surface area contributed by atoms with Crippen molar-refractivity contribution < 1.29 is 12.8 Å². The van der Waals surface area contributed by atoms with E-state index >= 15 is 0 Å². The summed E-state index contributed by atoms with van der Waals surface area (Å²) in [5.74, 6) is -0.0169. The zero-order valence-electron chi connectivity index (χ0n) is 13.5. The van der Waals surface area contributed by atoms with Crippen molar-refractivity contribution in [3.63, 3.8) is 0 Å². The number of halogens is 1. The predicted molar refractivity (Wildman–Crippen MR) is 91.9 cm³/mol. The number of anilines is 2. The summed E-state index contributed by atoms with van der Waals surface area (Å²) in [4.78, 5) is 1.89. The largest absolute Gasteiger partial charge is 0.376 e. The Hall–Kier alpha value is -2.26. The van der Waals surface area contributed by atoms with Crippen molar-refractivity contribution >= 4 is 21.5 Å². The Bertz CT molecular complexity index is 766. The highest BCUT2D eigenvalue weighted by Crippen LogP contribution is 2.12. The molecule has 0 radical (unpaired) electrons. The molecule has 2 rings (SSSR count). The number of hydrogen-bond donors (Lipinski definition) is 2. The van der Waals surface area contributed by atoms with E-state index in [1.54, 1.807) is 6.20 Å². The molecule has 1 aromatic heterocycles. The van der Waals surface area contributed by atoms with Crippen molar-refractivity contribution in [2.75, 3.05) is 37.4 Å². The van der Waals surface area contributed by atoms with E-state index in [0.29, 0.717) is 17.9 Å². The fraction of sp³-hybridized carbons (Fsp3) is 0.333. The van der Waals surface area contributed by atoms with Crippen LogP contribution in [0.25, 0.3) is 0 Å². The van der Waals surface area contributed by atoms with Gasteiger partial charge in [0.25, 0.3) is 0 Å². The number of benzene rings is 1. The second-order valence-electron chi connectivity index (χ2n) is 5.40. The van der Waals surface area contributed by atoms with Gasteiger partial charge < -0.3 is 10.2 Å². The van der Waals surface area contributed by atoms with Gasteiger partial charge in [-0.15, -0.1) is 5.10 Å². The smallest absolute Gasteiger partial charge is 0.215 e. The molecule has 24 heavy (non-hydrogen) atoms. The SMILES string of the molecule is CN(C)c1cnnc(NCCNS(=O)(=O)Cc2ccc(F)cc2)c1. The van der Waals surface area contributed by atoms with Gasteiger partial charge in [0.2, 0.25) is 10.0 Å². The molecule has 1 aromatic carbocycles. The Kier molecular flexibility index (Phi) is 6.04. The minimum Gasteiger partial charge on any atom is -0.376 e. The summed E-state index contributed by atoms with van der Waals surface area (Å²) in [6, 6.07) is 7.20. The average molecular weight is 353 g/mol. The lowest BCUT2D eigenvalue weighted by Gasteiger charge is -2.13. The van der Waals surface area contributed by atoms with Crippen LogP contribution in [0.1, 0.15) is 5.56 Å². The van der Waals surface area contributed by atoms with Gasteiger partial charge in [-0.2, -0.15) is 5.10 Å². The molecule has 2 N–H and O–H groups in total. The second kappa shape index (κ2) is 8.02. The summed E-state index contributed by atoms with van der Waals surface area (Å²) in [6.07, 6.45) is 1.64. The number of nitrogens with zero attached hydrogens (tertiary/aromatic N) is 3. The van der Waals surface area contributed by atoms with Gasteiger partial charge in [0.05, 0.1) is 17.6 Å². The second-order valence-corrected chi connectivity index (χ2v) is 7.21. The van der Waals surface area contributed by atoms with Crippen molar-refractivity contribution in [2.24, 2.45) is 0 Å². The van der Waals surface area contributed by atoms with Gasteiger partial charge in [0.15, 0.2) is 5.82 Å². The number of hydrogen-bond acceptors (Lipinski definition) is 6. The third-order valence-corrected chi connectivity index (χ3v) is 4.54. The van der Waals surface area contributed by atoms with Crippen molar-refractivity contribution in [1.82, 2.24) is 14.9 Å². The Balaban J connectivity index is 1.80. The summed E-state index contributed by atoms with van der Waals surface area (Å²) in [5, 5.41) is 10.8. The van der Waals surface area contributed by atoms with Crippen molar-refractivity contribution in [1.29, 1.82) is 0 Å². The predicted octanol–water partition coefficient (Wildman–Crippen LogP) is 1.21. The van der Waals surface area contributed by atoms with Crippen molar-refractivity contribution in [3.05, 3.63) is 47.9 Å². The first-order valence-electron chi connectivity index (χ1n) is 7.31. The molecular weight excluding hydrogens is 333 g/mol. The zero-order valence-corrected chi connectivity index (χ0v) is 14.3. The number of sulfonamides is 1. The first-order valence-corrected chi connectivity index (χ1v) is 8.97. The monoisotopic (exact) mass is 353 g/mol. The van der Waals surface area contributed by atoms with E-state index in [4.69, 9.17) is 0 Å². The number of aromatic nitrogens is 2. The van der Waals surface area contributed by atoms with Crippen LogP contribution in [0.5, 0.6) is 0 Å². The molecule has 0 amide bonds. The molecule has 0 fully saturated rings. The highest BCUT2D eigenvalue weighted by atomic mass is 32.2. The Morgan fingerprint density at radius 1 is 1.17 bits per heavy atom. The Labute approximate surface area is 141 Å². The lowest BCUT2D eigenvalue weighted by atomic mass is 10.2. The average Bonchev–Trinajstić information content (AvgIpc) is 2.54. The molecule has 0 aliphatic rings. The van der Waals surface area contributed by atoms with Crippen LogP contribution in [0.3, 0.4) is 0 Å². The van der Waals surface area contributed by atoms with Gasteiger partial charge in [0, 0.05) is 33.3 Å². The molecule has 0 aliphatic heterocycles. The first kappa shape index (κ1) is 18.1. The van der Waals surface area contributed by atoms with Gasteiger partial charge in [-0.25, -0.2) is 17.5 Å². The molecule has 1 heterocycles. The number of rotatable bonds is 8. The van der Waals surface area contributed by atoms with Gasteiger partial charge >= 0.3 is 0 Å². The quantitative estimate of drug-likeness (QED) is 0.694. The summed E-state index contributed by atoms with van der Waals surface area (Å²) in [6.45, 7) is 0.575. The minimum absolute atomic E-state index is 0.191. The molecule has 7 nitrogen and oxygen atoms in total. The van der Waals surface area contributed by atoms with Crippen LogP contribution >= 0.6 is 0 Å². The summed E-state index contributed by atoms with van der Waals surface area (Å²) in [5.41, 5.74) is 1.42. The van der Waals surface area contributed by atoms with E-state index in [1.807, 2.05) is 25.1 Å². The van der Waals surface area contributed by atoms with E-state index in [1.165, 1.54) is 24.3 Å². The third kappa shape index (κ3) is 5.74. The first-order chi connectivity index (χ1) is 11.4. The van der Waals surface area contributed by atoms with Crippen LogP contribution in [0.2, 0.25) is 0 Å². The maximum Gasteiger partial charge on any atom is 0.215 e. The highest BCUT2D eigenvalue weighted by molar-refractivity contribution is 7.88. The van der Waals surface area contributed by atoms with Crippen molar-refractivity contribution in [3.8, 4) is 0 Å². The summed E-state index contributed by atoms with van der Waals surface area (Å²) in [7, 11) is 0.306. The zero-order chi connectivity index (χ0) is 17.6. The Morgan fingerprint density at radius 3 is 2.54 bits per heavy atom. The van der Waals surface area contributed by atoms with E-state index in [-0.39, 0.29) is 12.3 Å².